The maximum Gasteiger partial charge on any atom is 0.212 e. The Labute approximate surface area is 93.9 Å². The van der Waals surface area contributed by atoms with Crippen LogP contribution in [0, 0.1) is 0 Å². The first-order valence-electron chi connectivity index (χ1n) is 3.77. The summed E-state index contributed by atoms with van der Waals surface area (Å²) in [6, 6.07) is 5.07. The van der Waals surface area contributed by atoms with E-state index in [4.69, 9.17) is 28.9 Å². The van der Waals surface area contributed by atoms with E-state index in [1.165, 1.54) is 11.3 Å². The Morgan fingerprint density at radius 1 is 1.29 bits per heavy atom. The van der Waals surface area contributed by atoms with Gasteiger partial charge in [0, 0.05) is 15.1 Å². The second-order valence-electron chi connectivity index (χ2n) is 2.76. The zero-order chi connectivity index (χ0) is 10.3. The molecule has 0 atom stereocenters. The van der Waals surface area contributed by atoms with E-state index < -0.39 is 0 Å². The minimum Gasteiger partial charge on any atom is -0.394 e. The Morgan fingerprint density at radius 3 is 2.71 bits per heavy atom. The number of fused-ring (bicyclic) bond motifs is 1. The number of nitrogens with two attached hydrogens (primary N) is 1. The molecule has 2 rings (SSSR count). The quantitative estimate of drug-likeness (QED) is 0.775. The van der Waals surface area contributed by atoms with Crippen LogP contribution in [0.25, 0.3) is 10.1 Å². The van der Waals surface area contributed by atoms with Gasteiger partial charge in [-0.1, -0.05) is 23.2 Å². The molecule has 14 heavy (non-hydrogen) atoms. The molecule has 2 aromatic rings. The Bertz CT molecular complexity index is 564. The molecule has 0 saturated heterocycles. The Kier molecular flexibility index (Phi) is 2.39. The molecule has 0 radical (unpaired) electrons. The molecule has 0 aliphatic heterocycles. The van der Waals surface area contributed by atoms with Gasteiger partial charge < -0.3 is 5.73 Å². The van der Waals surface area contributed by atoms with Crippen molar-refractivity contribution < 1.29 is 0 Å². The van der Waals surface area contributed by atoms with Gasteiger partial charge >= 0.3 is 0 Å². The van der Waals surface area contributed by atoms with Crippen molar-refractivity contribution in [2.45, 2.75) is 0 Å². The average molecular weight is 246 g/mol. The van der Waals surface area contributed by atoms with Gasteiger partial charge in [-0.05, 0) is 18.2 Å². The molecule has 1 aromatic heterocycles. The van der Waals surface area contributed by atoms with Gasteiger partial charge in [-0.3, -0.25) is 4.79 Å². The molecule has 2 N–H and O–H groups in total. The average Bonchev–Trinajstić information content (AvgIpc) is 2.16. The fraction of sp³-hybridized carbons (Fsp3) is 0. The van der Waals surface area contributed by atoms with Crippen molar-refractivity contribution in [3.8, 4) is 0 Å². The molecule has 0 spiro atoms. The second kappa shape index (κ2) is 3.42. The molecule has 0 aliphatic carbocycles. The van der Waals surface area contributed by atoms with Gasteiger partial charge in [0.05, 0.1) is 0 Å². The van der Waals surface area contributed by atoms with Gasteiger partial charge in [-0.25, -0.2) is 0 Å². The lowest BCUT2D eigenvalue weighted by Crippen LogP contribution is -2.07. The molecular formula is C9H5Cl2NOS. The number of anilines is 1. The van der Waals surface area contributed by atoms with E-state index in [2.05, 4.69) is 0 Å². The lowest BCUT2D eigenvalue weighted by atomic mass is 10.2. The summed E-state index contributed by atoms with van der Waals surface area (Å²) >= 11 is 12.8. The van der Waals surface area contributed by atoms with E-state index in [0.717, 1.165) is 4.70 Å². The zero-order valence-electron chi connectivity index (χ0n) is 6.88. The van der Waals surface area contributed by atoms with Crippen LogP contribution in [0.2, 0.25) is 9.36 Å². The molecule has 2 nitrogen and oxygen atoms in total. The predicted octanol–water partition coefficient (Wildman–Crippen LogP) is 3.15. The largest absolute Gasteiger partial charge is 0.394 e. The molecule has 1 heterocycles. The van der Waals surface area contributed by atoms with E-state index in [0.29, 0.717) is 14.7 Å². The normalized spacial score (nSPS) is 10.7. The minimum absolute atomic E-state index is 0.0893. The third kappa shape index (κ3) is 1.47. The SMILES string of the molecule is Nc1c(Cl)sc2ccc(Cl)cc2c1=O. The smallest absolute Gasteiger partial charge is 0.212 e. The maximum absolute atomic E-state index is 11.6. The molecule has 0 bridgehead atoms. The van der Waals surface area contributed by atoms with Crippen LogP contribution in [0.15, 0.2) is 23.0 Å². The van der Waals surface area contributed by atoms with Crippen molar-refractivity contribution in [1.82, 2.24) is 0 Å². The van der Waals surface area contributed by atoms with Gasteiger partial charge in [-0.15, -0.1) is 11.3 Å². The molecule has 0 unspecified atom stereocenters. The van der Waals surface area contributed by atoms with Gasteiger partial charge in [0.25, 0.3) is 0 Å². The monoisotopic (exact) mass is 245 g/mol. The molecular weight excluding hydrogens is 241 g/mol. The van der Waals surface area contributed by atoms with Crippen molar-refractivity contribution >= 4 is 50.3 Å². The first-order chi connectivity index (χ1) is 6.59. The van der Waals surface area contributed by atoms with E-state index >= 15 is 0 Å². The molecule has 0 amide bonds. The summed E-state index contributed by atoms with van der Waals surface area (Å²) in [5.74, 6) is 0. The van der Waals surface area contributed by atoms with Crippen LogP contribution in [0.1, 0.15) is 0 Å². The summed E-state index contributed by atoms with van der Waals surface area (Å²) < 4.78 is 1.11. The van der Waals surface area contributed by atoms with Gasteiger partial charge in [0.15, 0.2) is 0 Å². The Morgan fingerprint density at radius 2 is 2.00 bits per heavy atom. The lowest BCUT2D eigenvalue weighted by molar-refractivity contribution is 1.69. The molecule has 1 aromatic carbocycles. The number of halogens is 2. The van der Waals surface area contributed by atoms with Crippen LogP contribution < -0.4 is 11.2 Å². The highest BCUT2D eigenvalue weighted by Crippen LogP contribution is 2.28. The van der Waals surface area contributed by atoms with Crippen LogP contribution in [-0.4, -0.2) is 0 Å². The summed E-state index contributed by atoms with van der Waals surface area (Å²) in [5, 5.41) is 1.04. The number of nitrogen functional groups attached to an aromatic ring is 1. The summed E-state index contributed by atoms with van der Waals surface area (Å²) in [5.41, 5.74) is 5.35. The van der Waals surface area contributed by atoms with E-state index in [9.17, 15) is 4.79 Å². The van der Waals surface area contributed by atoms with Crippen molar-refractivity contribution in [1.29, 1.82) is 0 Å². The second-order valence-corrected chi connectivity index (χ2v) is 4.85. The van der Waals surface area contributed by atoms with Crippen molar-refractivity contribution in [2.24, 2.45) is 0 Å². The van der Waals surface area contributed by atoms with Gasteiger partial charge in [0.1, 0.15) is 10.0 Å². The van der Waals surface area contributed by atoms with Crippen LogP contribution in [0.3, 0.4) is 0 Å². The molecule has 5 heteroatoms. The highest BCUT2D eigenvalue weighted by molar-refractivity contribution is 7.22. The van der Waals surface area contributed by atoms with E-state index in [1.54, 1.807) is 18.2 Å². The highest BCUT2D eigenvalue weighted by atomic mass is 35.5. The van der Waals surface area contributed by atoms with Crippen molar-refractivity contribution in [2.75, 3.05) is 5.73 Å². The van der Waals surface area contributed by atoms with Crippen LogP contribution >= 0.6 is 34.5 Å². The Balaban J connectivity index is 2.99. The van der Waals surface area contributed by atoms with Gasteiger partial charge in [-0.2, -0.15) is 0 Å². The highest BCUT2D eigenvalue weighted by Gasteiger charge is 2.07. The molecule has 0 aliphatic rings. The van der Waals surface area contributed by atoms with E-state index in [1.807, 2.05) is 0 Å². The Hall–Kier alpha value is -0.770. The number of hydrogen-bond acceptors (Lipinski definition) is 3. The first-order valence-corrected chi connectivity index (χ1v) is 5.34. The fourth-order valence-corrected chi connectivity index (χ4v) is 2.46. The fourth-order valence-electron chi connectivity index (χ4n) is 1.15. The maximum atomic E-state index is 11.6. The predicted molar refractivity (Wildman–Crippen MR) is 62.5 cm³/mol. The topological polar surface area (TPSA) is 43.1 Å². The van der Waals surface area contributed by atoms with Crippen molar-refractivity contribution in [3.63, 3.8) is 0 Å². The number of benzene rings is 1. The number of hydrogen-bond donors (Lipinski definition) is 1. The minimum atomic E-state index is -0.258. The summed E-state index contributed by atoms with van der Waals surface area (Å²) in [6.07, 6.45) is 0. The third-order valence-electron chi connectivity index (χ3n) is 1.84. The lowest BCUT2D eigenvalue weighted by Gasteiger charge is -2.00. The summed E-state index contributed by atoms with van der Waals surface area (Å²) in [4.78, 5) is 11.6. The van der Waals surface area contributed by atoms with Crippen LogP contribution in [0.4, 0.5) is 5.69 Å². The third-order valence-corrected chi connectivity index (χ3v) is 3.49. The molecule has 0 fully saturated rings. The first kappa shape index (κ1) is 9.77. The molecule has 0 saturated carbocycles. The summed E-state index contributed by atoms with van der Waals surface area (Å²) in [7, 11) is 0. The van der Waals surface area contributed by atoms with Gasteiger partial charge in [0.2, 0.25) is 5.43 Å². The summed E-state index contributed by atoms with van der Waals surface area (Å²) in [6.45, 7) is 0. The van der Waals surface area contributed by atoms with Crippen molar-refractivity contribution in [3.05, 3.63) is 37.8 Å². The number of rotatable bonds is 0. The van der Waals surface area contributed by atoms with Crippen LogP contribution in [-0.2, 0) is 0 Å². The van der Waals surface area contributed by atoms with E-state index in [-0.39, 0.29) is 11.1 Å². The standard InChI is InChI=1S/C9H5Cl2NOS/c10-4-1-2-6-5(3-4)8(13)7(12)9(11)14-6/h1-3H,12H2. The zero-order valence-corrected chi connectivity index (χ0v) is 9.21. The van der Waals surface area contributed by atoms with Crippen LogP contribution in [0.5, 0.6) is 0 Å². The molecule has 72 valence electrons.